The predicted molar refractivity (Wildman–Crippen MR) is 92.1 cm³/mol. The zero-order valence-corrected chi connectivity index (χ0v) is 13.3. The number of urea groups is 1. The number of nitro benzene ring substituents is 1. The number of benzene rings is 1. The highest BCUT2D eigenvalue weighted by Crippen LogP contribution is 2.23. The molecule has 0 atom stereocenters. The van der Waals surface area contributed by atoms with Crippen LogP contribution in [0.2, 0.25) is 0 Å². The van der Waals surface area contributed by atoms with E-state index in [-0.39, 0.29) is 11.7 Å². The molecule has 9 heteroatoms. The van der Waals surface area contributed by atoms with E-state index in [0.717, 1.165) is 0 Å². The predicted octanol–water partition coefficient (Wildman–Crippen LogP) is 2.74. The van der Waals surface area contributed by atoms with Crippen molar-refractivity contribution in [2.75, 3.05) is 11.9 Å². The van der Waals surface area contributed by atoms with Gasteiger partial charge in [0.05, 0.1) is 16.8 Å². The van der Waals surface area contributed by atoms with E-state index in [4.69, 9.17) is 0 Å². The topological polar surface area (TPSA) is 123 Å². The molecule has 0 aliphatic heterocycles. The van der Waals surface area contributed by atoms with Crippen molar-refractivity contribution >= 4 is 28.7 Å². The maximum absolute atomic E-state index is 11.6. The van der Waals surface area contributed by atoms with E-state index >= 15 is 0 Å². The lowest BCUT2D eigenvalue weighted by molar-refractivity contribution is -0.384. The Morgan fingerprint density at radius 1 is 1.24 bits per heavy atom. The summed E-state index contributed by atoms with van der Waals surface area (Å²) in [4.78, 5) is 34.9. The van der Waals surface area contributed by atoms with Crippen molar-refractivity contribution in [3.05, 3.63) is 52.7 Å². The van der Waals surface area contributed by atoms with E-state index in [0.29, 0.717) is 34.8 Å². The van der Waals surface area contributed by atoms with Crippen LogP contribution in [0.1, 0.15) is 6.92 Å². The summed E-state index contributed by atoms with van der Waals surface area (Å²) in [7, 11) is 0. The Bertz CT molecular complexity index is 960. The van der Waals surface area contributed by atoms with Crippen molar-refractivity contribution in [1.29, 1.82) is 0 Å². The number of nitrogens with one attached hydrogen (secondary N) is 2. The summed E-state index contributed by atoms with van der Waals surface area (Å²) in [6.07, 6.45) is 1.53. The van der Waals surface area contributed by atoms with Crippen LogP contribution in [0.25, 0.3) is 22.4 Å². The van der Waals surface area contributed by atoms with Crippen molar-refractivity contribution < 1.29 is 9.72 Å². The number of hydrogen-bond donors (Lipinski definition) is 2. The summed E-state index contributed by atoms with van der Waals surface area (Å²) in [5.41, 5.74) is 1.87. The lowest BCUT2D eigenvalue weighted by atomic mass is 10.1. The number of carbonyl (C=O) groups is 1. The summed E-state index contributed by atoms with van der Waals surface area (Å²) in [6.45, 7) is 2.31. The molecule has 0 fully saturated rings. The normalized spacial score (nSPS) is 10.4. The Hall–Kier alpha value is -3.62. The first kappa shape index (κ1) is 16.2. The van der Waals surface area contributed by atoms with Gasteiger partial charge >= 0.3 is 6.03 Å². The third-order valence-corrected chi connectivity index (χ3v) is 3.34. The molecule has 0 aliphatic rings. The molecule has 2 heterocycles. The van der Waals surface area contributed by atoms with Crippen LogP contribution in [0.5, 0.6) is 0 Å². The zero-order chi connectivity index (χ0) is 17.8. The molecule has 1 aromatic carbocycles. The monoisotopic (exact) mass is 338 g/mol. The molecule has 0 unspecified atom stereocenters. The Labute approximate surface area is 142 Å². The Morgan fingerprint density at radius 3 is 2.84 bits per heavy atom. The van der Waals surface area contributed by atoms with Crippen molar-refractivity contribution in [1.82, 2.24) is 20.3 Å². The van der Waals surface area contributed by atoms with Crippen LogP contribution in [0, 0.1) is 10.1 Å². The summed E-state index contributed by atoms with van der Waals surface area (Å²) < 4.78 is 0. The Kier molecular flexibility index (Phi) is 4.46. The molecule has 0 saturated carbocycles. The minimum atomic E-state index is -0.468. The van der Waals surface area contributed by atoms with E-state index in [1.807, 2.05) is 6.92 Å². The van der Waals surface area contributed by atoms with E-state index in [1.165, 1.54) is 18.3 Å². The number of pyridine rings is 1. The highest BCUT2D eigenvalue weighted by molar-refractivity contribution is 5.89. The quantitative estimate of drug-likeness (QED) is 0.557. The van der Waals surface area contributed by atoms with Crippen molar-refractivity contribution in [3.8, 4) is 11.3 Å². The number of nitrogens with zero attached hydrogens (tertiary/aromatic N) is 4. The molecule has 2 N–H and O–H groups in total. The number of nitro groups is 1. The minimum absolute atomic E-state index is 0.0287. The van der Waals surface area contributed by atoms with Crippen LogP contribution in [0.15, 0.2) is 42.6 Å². The van der Waals surface area contributed by atoms with E-state index in [2.05, 4.69) is 25.6 Å². The van der Waals surface area contributed by atoms with Crippen LogP contribution in [0.4, 0.5) is 16.3 Å². The molecule has 0 bridgehead atoms. The fourth-order valence-electron chi connectivity index (χ4n) is 2.21. The van der Waals surface area contributed by atoms with Crippen LogP contribution in [0.3, 0.4) is 0 Å². The molecule has 0 saturated heterocycles. The maximum Gasteiger partial charge on any atom is 0.320 e. The first-order chi connectivity index (χ1) is 12.1. The summed E-state index contributed by atoms with van der Waals surface area (Å²) >= 11 is 0. The molecule has 126 valence electrons. The van der Waals surface area contributed by atoms with Crippen LogP contribution in [-0.2, 0) is 0 Å². The number of amides is 2. The second-order valence-electron chi connectivity index (χ2n) is 5.09. The van der Waals surface area contributed by atoms with E-state index in [9.17, 15) is 14.9 Å². The average molecular weight is 338 g/mol. The van der Waals surface area contributed by atoms with Crippen molar-refractivity contribution in [3.63, 3.8) is 0 Å². The van der Waals surface area contributed by atoms with Gasteiger partial charge in [-0.1, -0.05) is 12.1 Å². The van der Waals surface area contributed by atoms with Crippen molar-refractivity contribution in [2.45, 2.75) is 6.92 Å². The third-order valence-electron chi connectivity index (χ3n) is 3.34. The number of non-ortho nitro benzene ring substituents is 1. The largest absolute Gasteiger partial charge is 0.338 e. The number of fused-ring (bicyclic) bond motifs is 1. The van der Waals surface area contributed by atoms with Gasteiger partial charge < -0.3 is 5.32 Å². The molecule has 2 amide bonds. The van der Waals surface area contributed by atoms with Crippen molar-refractivity contribution in [2.24, 2.45) is 0 Å². The number of hydrogen-bond acceptors (Lipinski definition) is 6. The molecule has 3 rings (SSSR count). The van der Waals surface area contributed by atoms with E-state index in [1.54, 1.807) is 24.3 Å². The van der Waals surface area contributed by atoms with Gasteiger partial charge in [-0.3, -0.25) is 20.4 Å². The zero-order valence-electron chi connectivity index (χ0n) is 13.3. The molecule has 3 aromatic rings. The molecule has 25 heavy (non-hydrogen) atoms. The molecular weight excluding hydrogens is 324 g/mol. The molecule has 0 spiro atoms. The lowest BCUT2D eigenvalue weighted by Gasteiger charge is -2.06. The average Bonchev–Trinajstić information content (AvgIpc) is 2.61. The van der Waals surface area contributed by atoms with Gasteiger partial charge in [0.15, 0.2) is 5.65 Å². The number of anilines is 1. The van der Waals surface area contributed by atoms with Crippen LogP contribution in [-0.4, -0.2) is 32.5 Å². The molecular formula is C16H14N6O3. The fourth-order valence-corrected chi connectivity index (χ4v) is 2.21. The van der Waals surface area contributed by atoms with E-state index < -0.39 is 4.92 Å². The number of carbonyl (C=O) groups excluding carboxylic acids is 1. The Balaban J connectivity index is 1.96. The maximum atomic E-state index is 11.6. The molecule has 2 aromatic heterocycles. The molecule has 9 nitrogen and oxygen atoms in total. The fraction of sp³-hybridized carbons (Fsp3) is 0.125. The third kappa shape index (κ3) is 3.66. The Morgan fingerprint density at radius 2 is 2.08 bits per heavy atom. The first-order valence-electron chi connectivity index (χ1n) is 7.50. The van der Waals surface area contributed by atoms with Crippen LogP contribution >= 0.6 is 0 Å². The summed E-state index contributed by atoms with van der Waals surface area (Å²) in [5, 5.41) is 16.1. The van der Waals surface area contributed by atoms with Gasteiger partial charge in [-0.05, 0) is 19.1 Å². The molecule has 0 aliphatic carbocycles. The second-order valence-corrected chi connectivity index (χ2v) is 5.09. The van der Waals surface area contributed by atoms with Gasteiger partial charge in [-0.2, -0.15) is 0 Å². The summed E-state index contributed by atoms with van der Waals surface area (Å²) in [5.74, 6) is 0.337. The second kappa shape index (κ2) is 6.87. The highest BCUT2D eigenvalue weighted by Gasteiger charge is 2.10. The standard InChI is InChI=1S/C16H14N6O3/c1-2-17-16(23)21-14-7-6-12-15(20-14)19-13(9-18-12)10-4-3-5-11(8-10)22(24)25/h3-9H,2H2,1H3,(H2,17,19,20,21,23). The SMILES string of the molecule is CCNC(=O)Nc1ccc2ncc(-c3cccc([N+](=O)[O-])c3)nc2n1. The number of aromatic nitrogens is 3. The lowest BCUT2D eigenvalue weighted by Crippen LogP contribution is -2.28. The van der Waals surface area contributed by atoms with Gasteiger partial charge in [0.2, 0.25) is 0 Å². The molecule has 0 radical (unpaired) electrons. The minimum Gasteiger partial charge on any atom is -0.338 e. The van der Waals surface area contributed by atoms with Gasteiger partial charge in [0.1, 0.15) is 11.3 Å². The van der Waals surface area contributed by atoms with Gasteiger partial charge in [-0.25, -0.2) is 14.8 Å². The number of rotatable bonds is 4. The smallest absolute Gasteiger partial charge is 0.320 e. The first-order valence-corrected chi connectivity index (χ1v) is 7.50. The highest BCUT2D eigenvalue weighted by atomic mass is 16.6. The van der Waals surface area contributed by atoms with Gasteiger partial charge in [-0.15, -0.1) is 0 Å². The summed E-state index contributed by atoms with van der Waals surface area (Å²) in [6, 6.07) is 9.07. The van der Waals surface area contributed by atoms with Gasteiger partial charge in [0.25, 0.3) is 5.69 Å². The van der Waals surface area contributed by atoms with Gasteiger partial charge in [0, 0.05) is 24.2 Å². The van der Waals surface area contributed by atoms with Crippen LogP contribution < -0.4 is 10.6 Å².